The van der Waals surface area contributed by atoms with Crippen molar-refractivity contribution in [3.63, 3.8) is 0 Å². The van der Waals surface area contributed by atoms with Crippen LogP contribution in [0, 0.1) is 0 Å². The van der Waals surface area contributed by atoms with Crippen LogP contribution >= 0.6 is 0 Å². The van der Waals surface area contributed by atoms with E-state index in [0.29, 0.717) is 24.2 Å². The second kappa shape index (κ2) is 7.97. The van der Waals surface area contributed by atoms with E-state index in [1.807, 2.05) is 60.7 Å². The van der Waals surface area contributed by atoms with Gasteiger partial charge in [-0.3, -0.25) is 4.90 Å². The van der Waals surface area contributed by atoms with Gasteiger partial charge >= 0.3 is 11.9 Å². The minimum absolute atomic E-state index is 0.325. The van der Waals surface area contributed by atoms with Crippen molar-refractivity contribution < 1.29 is 19.1 Å². The first-order valence-corrected chi connectivity index (χ1v) is 8.38. The molecular formula is C21H21NO4. The number of nitrogens with zero attached hydrogens (tertiary/aromatic N) is 1. The van der Waals surface area contributed by atoms with Crippen LogP contribution in [0.25, 0.3) is 0 Å². The Labute approximate surface area is 152 Å². The largest absolute Gasteiger partial charge is 0.466 e. The highest BCUT2D eigenvalue weighted by molar-refractivity contribution is 6.02. The lowest BCUT2D eigenvalue weighted by atomic mass is 9.97. The van der Waals surface area contributed by atoms with Crippen molar-refractivity contribution in [1.29, 1.82) is 0 Å². The molecule has 3 rings (SSSR count). The average molecular weight is 351 g/mol. The Kier molecular flexibility index (Phi) is 5.49. The maximum Gasteiger partial charge on any atom is 0.336 e. The monoisotopic (exact) mass is 351 g/mol. The summed E-state index contributed by atoms with van der Waals surface area (Å²) in [6.07, 6.45) is 0. The summed E-state index contributed by atoms with van der Waals surface area (Å²) in [5, 5.41) is 0. The van der Waals surface area contributed by atoms with E-state index < -0.39 is 11.9 Å². The number of hydrogen-bond acceptors (Lipinski definition) is 5. The fourth-order valence-electron chi connectivity index (χ4n) is 3.35. The highest BCUT2D eigenvalue weighted by atomic mass is 16.5. The molecule has 2 aromatic carbocycles. The van der Waals surface area contributed by atoms with Crippen molar-refractivity contribution in [1.82, 2.24) is 4.90 Å². The summed E-state index contributed by atoms with van der Waals surface area (Å²) in [5.41, 5.74) is 2.73. The summed E-state index contributed by atoms with van der Waals surface area (Å²) < 4.78 is 9.89. The van der Waals surface area contributed by atoms with E-state index in [2.05, 4.69) is 4.90 Å². The van der Waals surface area contributed by atoms with Crippen LogP contribution in [0.15, 0.2) is 71.8 Å². The lowest BCUT2D eigenvalue weighted by Gasteiger charge is -2.26. The minimum Gasteiger partial charge on any atom is -0.466 e. The van der Waals surface area contributed by atoms with Gasteiger partial charge in [0.25, 0.3) is 0 Å². The van der Waals surface area contributed by atoms with Crippen LogP contribution in [0.1, 0.15) is 17.2 Å². The lowest BCUT2D eigenvalue weighted by Crippen LogP contribution is -2.27. The van der Waals surface area contributed by atoms with Crippen molar-refractivity contribution in [3.8, 4) is 0 Å². The van der Waals surface area contributed by atoms with Gasteiger partial charge in [0, 0.05) is 13.1 Å². The Morgan fingerprint density at radius 3 is 2.08 bits per heavy atom. The van der Waals surface area contributed by atoms with Gasteiger partial charge in [-0.15, -0.1) is 0 Å². The molecule has 0 saturated carbocycles. The van der Waals surface area contributed by atoms with E-state index >= 15 is 0 Å². The molecule has 1 aliphatic rings. The van der Waals surface area contributed by atoms with Crippen LogP contribution in [0.2, 0.25) is 0 Å². The minimum atomic E-state index is -0.505. The van der Waals surface area contributed by atoms with Crippen LogP contribution in [-0.4, -0.2) is 37.6 Å². The normalized spacial score (nSPS) is 17.2. The standard InChI is InChI=1S/C21H21NO4/c1-25-20(23)17-14-22(13-15-9-5-3-6-10-15)19(18(17)21(24)26-2)16-11-7-4-8-12-16/h3-12,19H,13-14H2,1-2H3. The molecule has 134 valence electrons. The molecule has 1 aliphatic heterocycles. The Morgan fingerprint density at radius 2 is 1.50 bits per heavy atom. The number of rotatable bonds is 5. The summed E-state index contributed by atoms with van der Waals surface area (Å²) in [6, 6.07) is 19.2. The van der Waals surface area contributed by atoms with Gasteiger partial charge in [-0.1, -0.05) is 60.7 Å². The van der Waals surface area contributed by atoms with Gasteiger partial charge < -0.3 is 9.47 Å². The summed E-state index contributed by atoms with van der Waals surface area (Å²) in [4.78, 5) is 26.9. The third-order valence-electron chi connectivity index (χ3n) is 4.51. The average Bonchev–Trinajstić information content (AvgIpc) is 3.07. The van der Waals surface area contributed by atoms with Crippen LogP contribution in [0.3, 0.4) is 0 Å². The molecule has 5 heteroatoms. The molecule has 26 heavy (non-hydrogen) atoms. The molecule has 0 aromatic heterocycles. The number of ether oxygens (including phenoxy) is 2. The smallest absolute Gasteiger partial charge is 0.336 e. The molecule has 0 N–H and O–H groups in total. The number of carbonyl (C=O) groups excluding carboxylic acids is 2. The second-order valence-electron chi connectivity index (χ2n) is 6.08. The molecule has 0 radical (unpaired) electrons. The number of hydrogen-bond donors (Lipinski definition) is 0. The van der Waals surface area contributed by atoms with Gasteiger partial charge in [0.2, 0.25) is 0 Å². The van der Waals surface area contributed by atoms with Crippen molar-refractivity contribution in [3.05, 3.63) is 82.9 Å². The Bertz CT molecular complexity index is 814. The molecule has 1 heterocycles. The number of esters is 2. The van der Waals surface area contributed by atoms with E-state index in [-0.39, 0.29) is 6.04 Å². The molecule has 0 spiro atoms. The topological polar surface area (TPSA) is 55.8 Å². The molecule has 0 amide bonds. The fraction of sp³-hybridized carbons (Fsp3) is 0.238. The predicted molar refractivity (Wildman–Crippen MR) is 97.1 cm³/mol. The first-order chi connectivity index (χ1) is 12.7. The van der Waals surface area contributed by atoms with Crippen LogP contribution in [0.5, 0.6) is 0 Å². The molecule has 1 atom stereocenters. The zero-order valence-electron chi connectivity index (χ0n) is 14.8. The zero-order chi connectivity index (χ0) is 18.5. The van der Waals surface area contributed by atoms with E-state index in [1.54, 1.807) is 0 Å². The van der Waals surface area contributed by atoms with Gasteiger partial charge in [-0.25, -0.2) is 9.59 Å². The predicted octanol–water partition coefficient (Wildman–Crippen LogP) is 2.89. The van der Waals surface area contributed by atoms with Gasteiger partial charge in [0.05, 0.1) is 31.4 Å². The molecule has 0 bridgehead atoms. The van der Waals surface area contributed by atoms with Crippen molar-refractivity contribution >= 4 is 11.9 Å². The van der Waals surface area contributed by atoms with Crippen molar-refractivity contribution in [2.75, 3.05) is 20.8 Å². The SMILES string of the molecule is COC(=O)C1=C(C(=O)OC)C(c2ccccc2)N(Cc2ccccc2)C1. The summed E-state index contributed by atoms with van der Waals surface area (Å²) in [7, 11) is 2.65. The van der Waals surface area contributed by atoms with E-state index in [9.17, 15) is 9.59 Å². The number of carbonyl (C=O) groups is 2. The fourth-order valence-corrected chi connectivity index (χ4v) is 3.35. The van der Waals surface area contributed by atoms with Crippen molar-refractivity contribution in [2.24, 2.45) is 0 Å². The highest BCUT2D eigenvalue weighted by Gasteiger charge is 2.41. The zero-order valence-corrected chi connectivity index (χ0v) is 14.8. The first kappa shape index (κ1) is 17.9. The van der Waals surface area contributed by atoms with Crippen LogP contribution in [-0.2, 0) is 25.6 Å². The molecule has 0 aliphatic carbocycles. The van der Waals surface area contributed by atoms with E-state index in [4.69, 9.17) is 9.47 Å². The van der Waals surface area contributed by atoms with E-state index in [1.165, 1.54) is 14.2 Å². The summed E-state index contributed by atoms with van der Waals surface area (Å²) in [5.74, 6) is -1.00. The van der Waals surface area contributed by atoms with Crippen molar-refractivity contribution in [2.45, 2.75) is 12.6 Å². The van der Waals surface area contributed by atoms with E-state index in [0.717, 1.165) is 11.1 Å². The highest BCUT2D eigenvalue weighted by Crippen LogP contribution is 2.39. The first-order valence-electron chi connectivity index (χ1n) is 8.38. The third kappa shape index (κ3) is 3.53. The molecule has 2 aromatic rings. The van der Waals surface area contributed by atoms with Gasteiger partial charge in [-0.05, 0) is 11.1 Å². The van der Waals surface area contributed by atoms with Crippen LogP contribution < -0.4 is 0 Å². The third-order valence-corrected chi connectivity index (χ3v) is 4.51. The lowest BCUT2D eigenvalue weighted by molar-refractivity contribution is -0.139. The molecule has 0 fully saturated rings. The molecular weight excluding hydrogens is 330 g/mol. The van der Waals surface area contributed by atoms with Gasteiger partial charge in [0.1, 0.15) is 0 Å². The van der Waals surface area contributed by atoms with Gasteiger partial charge in [-0.2, -0.15) is 0 Å². The maximum absolute atomic E-state index is 12.5. The number of benzene rings is 2. The molecule has 5 nitrogen and oxygen atoms in total. The second-order valence-corrected chi connectivity index (χ2v) is 6.08. The summed E-state index contributed by atoms with van der Waals surface area (Å²) >= 11 is 0. The Morgan fingerprint density at radius 1 is 0.923 bits per heavy atom. The quantitative estimate of drug-likeness (QED) is 0.776. The number of methoxy groups -OCH3 is 2. The summed E-state index contributed by atoms with van der Waals surface area (Å²) in [6.45, 7) is 0.924. The van der Waals surface area contributed by atoms with Crippen LogP contribution in [0.4, 0.5) is 0 Å². The molecule has 1 unspecified atom stereocenters. The molecule has 0 saturated heterocycles. The van der Waals surface area contributed by atoms with Gasteiger partial charge in [0.15, 0.2) is 0 Å². The Hall–Kier alpha value is -2.92. The maximum atomic E-state index is 12.5. The Balaban J connectivity index is 2.06.